The van der Waals surface area contributed by atoms with Gasteiger partial charge in [0.25, 0.3) is 0 Å². The predicted molar refractivity (Wildman–Crippen MR) is 120 cm³/mol. The van der Waals surface area contributed by atoms with Gasteiger partial charge in [-0.2, -0.15) is 0 Å². The molecule has 31 heavy (non-hydrogen) atoms. The van der Waals surface area contributed by atoms with Gasteiger partial charge in [-0.1, -0.05) is 12.1 Å². The van der Waals surface area contributed by atoms with Gasteiger partial charge in [-0.15, -0.1) is 0 Å². The van der Waals surface area contributed by atoms with Gasteiger partial charge < -0.3 is 0 Å². The second-order valence-corrected chi connectivity index (χ2v) is 10.7. The predicted octanol–water partition coefficient (Wildman–Crippen LogP) is 0.976. The molecule has 0 aliphatic carbocycles. The number of thiazole rings is 1. The maximum absolute atomic E-state index is 5.11. The number of rotatable bonds is 10. The van der Waals surface area contributed by atoms with Crippen LogP contribution < -0.4 is 30.7 Å². The van der Waals surface area contributed by atoms with Crippen LogP contribution in [-0.4, -0.2) is 40.1 Å². The van der Waals surface area contributed by atoms with Crippen molar-refractivity contribution >= 4 is 50.4 Å². The van der Waals surface area contributed by atoms with Gasteiger partial charge >= 0.3 is 165 Å². The van der Waals surface area contributed by atoms with E-state index in [0.29, 0.717) is 4.61 Å². The van der Waals surface area contributed by atoms with Crippen LogP contribution in [0.4, 0.5) is 5.69 Å². The Hall–Kier alpha value is -2.08. The van der Waals surface area contributed by atoms with Crippen LogP contribution in [0.3, 0.4) is 0 Å². The number of benzene rings is 2. The summed E-state index contributed by atoms with van der Waals surface area (Å²) in [5.74, 6) is 0. The summed E-state index contributed by atoms with van der Waals surface area (Å²) >= 11 is 1.74. The van der Waals surface area contributed by atoms with Gasteiger partial charge in [-0.25, -0.2) is 0 Å². The number of hydrogen-bond acceptors (Lipinski definition) is 7. The number of anilines is 1. The number of aromatic nitrogens is 3. The van der Waals surface area contributed by atoms with Crippen LogP contribution in [0.5, 0.6) is 0 Å². The fraction of sp³-hybridized carbons (Fsp3) is 0.318. The van der Waals surface area contributed by atoms with Crippen LogP contribution in [0.25, 0.3) is 33.4 Å². The summed E-state index contributed by atoms with van der Waals surface area (Å²) < 4.78 is 10.5. The first-order chi connectivity index (χ1) is 15.2. The van der Waals surface area contributed by atoms with Gasteiger partial charge in [0.05, 0.1) is 0 Å². The molecule has 4 rings (SSSR count). The van der Waals surface area contributed by atoms with E-state index in [1.54, 1.807) is 18.4 Å². The Balaban J connectivity index is 1.56. The number of halogens is 1. The molecule has 0 bridgehead atoms. The number of aryl methyl sites for hydroxylation is 1. The smallest absolute Gasteiger partial charge is 0.0604 e. The molecular formula is C22H25IN4O3S. The van der Waals surface area contributed by atoms with Crippen molar-refractivity contribution in [2.45, 2.75) is 13.5 Å². The molecular weight excluding hydrogens is 527 g/mol. The molecule has 164 valence electrons. The second kappa shape index (κ2) is 10.5. The topological polar surface area (TPSA) is 64.5 Å². The molecule has 2 aromatic carbocycles. The third-order valence-corrected chi connectivity index (χ3v) is 8.06. The summed E-state index contributed by atoms with van der Waals surface area (Å²) in [6.07, 6.45) is 4.25. The molecule has 0 radical (unpaired) electrons. The summed E-state index contributed by atoms with van der Waals surface area (Å²) in [5.41, 5.74) is 4.85. The third kappa shape index (κ3) is 4.89. The SMILES string of the molecule is CC[n+]1c(/C=C/c2ccc(N(C)CC[I-]COOC)c3nonc23)sc2ccccc21. The van der Waals surface area contributed by atoms with E-state index in [1.807, 2.05) is 0 Å². The third-order valence-electron chi connectivity index (χ3n) is 4.99. The number of alkyl halides is 2. The molecule has 0 N–H and O–H groups in total. The van der Waals surface area contributed by atoms with E-state index in [4.69, 9.17) is 9.52 Å². The van der Waals surface area contributed by atoms with E-state index >= 15 is 0 Å². The molecule has 4 aromatic rings. The average Bonchev–Trinajstić information content (AvgIpc) is 3.41. The molecule has 2 aromatic heterocycles. The molecule has 0 unspecified atom stereocenters. The van der Waals surface area contributed by atoms with E-state index in [1.165, 1.54) is 15.2 Å². The summed E-state index contributed by atoms with van der Waals surface area (Å²) in [7, 11) is 3.62. The normalized spacial score (nSPS) is 12.0. The first-order valence-corrected chi connectivity index (χ1v) is 13.8. The molecule has 0 spiro atoms. The Morgan fingerprint density at radius 2 is 2.00 bits per heavy atom. The van der Waals surface area contributed by atoms with Crippen LogP contribution in [-0.2, 0) is 16.3 Å². The quantitative estimate of drug-likeness (QED) is 0.0731. The summed E-state index contributed by atoms with van der Waals surface area (Å²) in [4.78, 5) is 11.8. The van der Waals surface area contributed by atoms with Crippen LogP contribution >= 0.6 is 11.3 Å². The fourth-order valence-corrected chi connectivity index (χ4v) is 6.36. The molecule has 2 heterocycles. The number of hydrogen-bond donors (Lipinski definition) is 0. The second-order valence-electron chi connectivity index (χ2n) is 6.81. The zero-order valence-corrected chi connectivity index (χ0v) is 20.7. The van der Waals surface area contributed by atoms with E-state index < -0.39 is 0 Å². The van der Waals surface area contributed by atoms with Crippen LogP contribution in [0, 0.1) is 0 Å². The minimum atomic E-state index is -0.0532. The summed E-state index contributed by atoms with van der Waals surface area (Å²) in [6, 6.07) is 12.7. The van der Waals surface area contributed by atoms with Crippen molar-refractivity contribution in [3.05, 3.63) is 47.0 Å². The Kier molecular flexibility index (Phi) is 7.49. The monoisotopic (exact) mass is 552 g/mol. The van der Waals surface area contributed by atoms with Gasteiger partial charge in [0, 0.05) is 6.07 Å². The van der Waals surface area contributed by atoms with Crippen molar-refractivity contribution < 1.29 is 40.2 Å². The Morgan fingerprint density at radius 3 is 2.84 bits per heavy atom. The fourth-order valence-electron chi connectivity index (χ4n) is 3.42. The molecule has 0 saturated heterocycles. The molecule has 0 aliphatic heterocycles. The van der Waals surface area contributed by atoms with Crippen molar-refractivity contribution in [2.75, 3.05) is 34.6 Å². The van der Waals surface area contributed by atoms with E-state index in [0.717, 1.165) is 39.8 Å². The number of fused-ring (bicyclic) bond motifs is 2. The zero-order chi connectivity index (χ0) is 21.6. The van der Waals surface area contributed by atoms with Crippen molar-refractivity contribution in [1.29, 1.82) is 0 Å². The molecule has 7 nitrogen and oxygen atoms in total. The standard InChI is InChI=1S/C22H25IN4O3S/c1-4-27-17-7-5-6-8-19(17)31-20(27)12-10-16-9-11-18(22-21(16)24-30-25-22)26(2)14-13-23-15-29-28-3/h5-12H,4,13-15H2,1-3H3. The van der Waals surface area contributed by atoms with E-state index in [-0.39, 0.29) is 21.2 Å². The van der Waals surface area contributed by atoms with Crippen molar-refractivity contribution in [3.8, 4) is 0 Å². The molecule has 9 heteroatoms. The van der Waals surface area contributed by atoms with Crippen LogP contribution in [0.15, 0.2) is 41.0 Å². The first kappa shape index (κ1) is 22.1. The number of para-hydroxylation sites is 1. The molecule has 0 amide bonds. The van der Waals surface area contributed by atoms with Crippen molar-refractivity contribution in [2.24, 2.45) is 0 Å². The molecule has 0 aliphatic rings. The number of nitrogens with zero attached hydrogens (tertiary/aromatic N) is 4. The van der Waals surface area contributed by atoms with Gasteiger partial charge in [0.1, 0.15) is 0 Å². The molecule has 0 fully saturated rings. The minimum Gasteiger partial charge on any atom is -0.0604 e. The first-order valence-electron chi connectivity index (χ1n) is 9.98. The van der Waals surface area contributed by atoms with Crippen LogP contribution in [0.2, 0.25) is 0 Å². The summed E-state index contributed by atoms with van der Waals surface area (Å²) in [5, 5.41) is 9.57. The maximum atomic E-state index is 5.11. The Morgan fingerprint density at radius 1 is 1.16 bits per heavy atom. The van der Waals surface area contributed by atoms with E-state index in [9.17, 15) is 0 Å². The minimum absolute atomic E-state index is 0.0532. The van der Waals surface area contributed by atoms with E-state index in [2.05, 4.69) is 87.2 Å². The molecule has 0 atom stereocenters. The average molecular weight is 552 g/mol. The van der Waals surface area contributed by atoms with Gasteiger partial charge in [-0.05, 0) is 13.0 Å². The Bertz CT molecular complexity index is 1190. The van der Waals surface area contributed by atoms with Crippen LogP contribution in [0.1, 0.15) is 17.5 Å². The van der Waals surface area contributed by atoms with Gasteiger partial charge in [0.15, 0.2) is 0 Å². The zero-order valence-electron chi connectivity index (χ0n) is 17.7. The molecule has 0 saturated carbocycles. The van der Waals surface area contributed by atoms with Crippen molar-refractivity contribution in [1.82, 2.24) is 10.3 Å². The van der Waals surface area contributed by atoms with Gasteiger partial charge in [-0.3, -0.25) is 0 Å². The van der Waals surface area contributed by atoms with Crippen molar-refractivity contribution in [3.63, 3.8) is 0 Å². The Labute approximate surface area is 195 Å². The van der Waals surface area contributed by atoms with Gasteiger partial charge in [0.2, 0.25) is 0 Å². The summed E-state index contributed by atoms with van der Waals surface area (Å²) in [6.45, 7) is 4.02.